The Kier molecular flexibility index (Phi) is 9.93. The molecule has 0 saturated carbocycles. The van der Waals surface area contributed by atoms with Crippen molar-refractivity contribution in [3.63, 3.8) is 0 Å². The lowest BCUT2D eigenvalue weighted by Gasteiger charge is -2.11. The smallest absolute Gasteiger partial charge is 0.191 e. The fourth-order valence-electron chi connectivity index (χ4n) is 2.03. The van der Waals surface area contributed by atoms with E-state index in [1.165, 1.54) is 5.56 Å². The third-order valence-electron chi connectivity index (χ3n) is 3.07. The summed E-state index contributed by atoms with van der Waals surface area (Å²) in [7, 11) is 0. The van der Waals surface area contributed by atoms with E-state index in [9.17, 15) is 0 Å². The molecule has 0 amide bonds. The zero-order valence-electron chi connectivity index (χ0n) is 13.2. The van der Waals surface area contributed by atoms with E-state index in [1.807, 2.05) is 29.1 Å². The van der Waals surface area contributed by atoms with Gasteiger partial charge in [0.05, 0.1) is 6.54 Å². The number of halogens is 2. The second kappa shape index (κ2) is 11.4. The highest BCUT2D eigenvalue weighted by Crippen LogP contribution is 2.12. The predicted molar refractivity (Wildman–Crippen MR) is 109 cm³/mol. The van der Waals surface area contributed by atoms with Crippen LogP contribution in [0.3, 0.4) is 0 Å². The van der Waals surface area contributed by atoms with Crippen molar-refractivity contribution < 1.29 is 0 Å². The largest absolute Gasteiger partial charge is 0.357 e. The zero-order chi connectivity index (χ0) is 15.6. The molecular formula is C16H23BrIN5. The molecule has 2 aromatic rings. The van der Waals surface area contributed by atoms with Crippen LogP contribution in [0.25, 0.3) is 0 Å². The Hall–Kier alpha value is -1.09. The SMILES string of the molecule is CCNC(=NCc1cccc(Br)c1)NCCCn1cccn1.I. The van der Waals surface area contributed by atoms with Crippen molar-refractivity contribution in [3.05, 3.63) is 52.8 Å². The molecule has 1 aromatic carbocycles. The van der Waals surface area contributed by atoms with Crippen molar-refractivity contribution in [1.82, 2.24) is 20.4 Å². The van der Waals surface area contributed by atoms with E-state index in [-0.39, 0.29) is 24.0 Å². The van der Waals surface area contributed by atoms with Crippen molar-refractivity contribution in [2.45, 2.75) is 26.4 Å². The minimum atomic E-state index is 0. The van der Waals surface area contributed by atoms with Crippen LogP contribution < -0.4 is 10.6 Å². The number of aliphatic imine (C=N–C) groups is 1. The summed E-state index contributed by atoms with van der Waals surface area (Å²) in [5.74, 6) is 0.850. The van der Waals surface area contributed by atoms with Crippen LogP contribution in [0.5, 0.6) is 0 Å². The Morgan fingerprint density at radius 1 is 1.30 bits per heavy atom. The highest BCUT2D eigenvalue weighted by atomic mass is 127. The number of aromatic nitrogens is 2. The first kappa shape index (κ1) is 20.0. The van der Waals surface area contributed by atoms with Gasteiger partial charge in [0, 0.05) is 36.5 Å². The number of nitrogens with one attached hydrogen (secondary N) is 2. The van der Waals surface area contributed by atoms with E-state index in [0.29, 0.717) is 6.54 Å². The van der Waals surface area contributed by atoms with Crippen molar-refractivity contribution in [2.75, 3.05) is 13.1 Å². The number of guanidine groups is 1. The van der Waals surface area contributed by atoms with Gasteiger partial charge in [-0.25, -0.2) is 4.99 Å². The maximum Gasteiger partial charge on any atom is 0.191 e. The summed E-state index contributed by atoms with van der Waals surface area (Å²) in [6.07, 6.45) is 4.78. The first-order valence-corrected chi connectivity index (χ1v) is 8.31. The summed E-state index contributed by atoms with van der Waals surface area (Å²) in [6.45, 7) is 5.35. The van der Waals surface area contributed by atoms with Gasteiger partial charge in [-0.05, 0) is 37.1 Å². The minimum Gasteiger partial charge on any atom is -0.357 e. The first-order chi connectivity index (χ1) is 10.8. The molecule has 23 heavy (non-hydrogen) atoms. The molecule has 126 valence electrons. The van der Waals surface area contributed by atoms with Crippen LogP contribution in [0.2, 0.25) is 0 Å². The van der Waals surface area contributed by atoms with Gasteiger partial charge in [0.2, 0.25) is 0 Å². The van der Waals surface area contributed by atoms with Gasteiger partial charge in [-0.15, -0.1) is 24.0 Å². The van der Waals surface area contributed by atoms with Gasteiger partial charge in [-0.3, -0.25) is 4.68 Å². The van der Waals surface area contributed by atoms with Gasteiger partial charge in [0.15, 0.2) is 5.96 Å². The van der Waals surface area contributed by atoms with Gasteiger partial charge in [-0.2, -0.15) is 5.10 Å². The molecule has 0 bridgehead atoms. The van der Waals surface area contributed by atoms with E-state index >= 15 is 0 Å². The zero-order valence-corrected chi connectivity index (χ0v) is 17.1. The Bertz CT molecular complexity index is 586. The molecule has 0 unspecified atom stereocenters. The second-order valence-electron chi connectivity index (χ2n) is 4.87. The summed E-state index contributed by atoms with van der Waals surface area (Å²) in [4.78, 5) is 4.61. The third kappa shape index (κ3) is 7.83. The molecule has 2 N–H and O–H groups in total. The molecule has 7 heteroatoms. The van der Waals surface area contributed by atoms with E-state index in [4.69, 9.17) is 0 Å². The van der Waals surface area contributed by atoms with E-state index in [2.05, 4.69) is 55.7 Å². The summed E-state index contributed by atoms with van der Waals surface area (Å²) in [5.41, 5.74) is 1.18. The lowest BCUT2D eigenvalue weighted by Crippen LogP contribution is -2.38. The van der Waals surface area contributed by atoms with Crippen LogP contribution in [-0.2, 0) is 13.1 Å². The predicted octanol–water partition coefficient (Wildman–Crippen LogP) is 3.41. The summed E-state index contributed by atoms with van der Waals surface area (Å²) >= 11 is 3.48. The molecule has 1 aromatic heterocycles. The molecule has 5 nitrogen and oxygen atoms in total. The fraction of sp³-hybridized carbons (Fsp3) is 0.375. The molecule has 0 radical (unpaired) electrons. The molecule has 0 aliphatic rings. The van der Waals surface area contributed by atoms with Crippen LogP contribution in [0.4, 0.5) is 0 Å². The van der Waals surface area contributed by atoms with Crippen LogP contribution in [0.15, 0.2) is 52.2 Å². The quantitative estimate of drug-likeness (QED) is 0.270. The number of hydrogen-bond donors (Lipinski definition) is 2. The van der Waals surface area contributed by atoms with Gasteiger partial charge in [0.1, 0.15) is 0 Å². The highest BCUT2D eigenvalue weighted by Gasteiger charge is 1.98. The number of aryl methyl sites for hydroxylation is 1. The monoisotopic (exact) mass is 491 g/mol. The minimum absolute atomic E-state index is 0. The summed E-state index contributed by atoms with van der Waals surface area (Å²) < 4.78 is 3.02. The maximum absolute atomic E-state index is 4.61. The highest BCUT2D eigenvalue weighted by molar-refractivity contribution is 14.0. The van der Waals surface area contributed by atoms with E-state index in [0.717, 1.165) is 36.5 Å². The number of hydrogen-bond acceptors (Lipinski definition) is 2. The Morgan fingerprint density at radius 2 is 2.17 bits per heavy atom. The van der Waals surface area contributed by atoms with Crippen molar-refractivity contribution >= 4 is 45.9 Å². The molecule has 0 aliphatic carbocycles. The summed E-state index contributed by atoms with van der Waals surface area (Å²) in [5, 5.41) is 10.8. The maximum atomic E-state index is 4.61. The van der Waals surface area contributed by atoms with Crippen LogP contribution >= 0.6 is 39.9 Å². The second-order valence-corrected chi connectivity index (χ2v) is 5.79. The van der Waals surface area contributed by atoms with E-state index < -0.39 is 0 Å². The average molecular weight is 492 g/mol. The molecule has 0 fully saturated rings. The molecule has 2 rings (SSSR count). The van der Waals surface area contributed by atoms with Crippen LogP contribution in [-0.4, -0.2) is 28.8 Å². The normalized spacial score (nSPS) is 11.0. The van der Waals surface area contributed by atoms with Crippen LogP contribution in [0, 0.1) is 0 Å². The molecule has 0 aliphatic heterocycles. The van der Waals surface area contributed by atoms with Gasteiger partial charge >= 0.3 is 0 Å². The van der Waals surface area contributed by atoms with Crippen molar-refractivity contribution in [1.29, 1.82) is 0 Å². The topological polar surface area (TPSA) is 54.2 Å². The number of rotatable bonds is 7. The number of nitrogens with zero attached hydrogens (tertiary/aromatic N) is 3. The first-order valence-electron chi connectivity index (χ1n) is 7.52. The van der Waals surface area contributed by atoms with E-state index in [1.54, 1.807) is 6.20 Å². The Morgan fingerprint density at radius 3 is 2.87 bits per heavy atom. The van der Waals surface area contributed by atoms with Crippen LogP contribution in [0.1, 0.15) is 18.9 Å². The molecule has 1 heterocycles. The molecular weight excluding hydrogens is 469 g/mol. The molecule has 0 saturated heterocycles. The third-order valence-corrected chi connectivity index (χ3v) is 3.56. The fourth-order valence-corrected chi connectivity index (χ4v) is 2.47. The van der Waals surface area contributed by atoms with Gasteiger partial charge in [-0.1, -0.05) is 28.1 Å². The lowest BCUT2D eigenvalue weighted by atomic mass is 10.2. The lowest BCUT2D eigenvalue weighted by molar-refractivity contribution is 0.570. The molecule has 0 spiro atoms. The number of benzene rings is 1. The Labute approximate surface area is 163 Å². The van der Waals surface area contributed by atoms with Gasteiger partial charge < -0.3 is 10.6 Å². The molecule has 0 atom stereocenters. The average Bonchev–Trinajstić information content (AvgIpc) is 3.02. The Balaban J connectivity index is 0.00000264. The standard InChI is InChI=1S/C16H22BrN5.HI/c1-2-18-16(19-8-4-10-22-11-5-9-21-22)20-13-14-6-3-7-15(17)12-14;/h3,5-7,9,11-12H,2,4,8,10,13H2,1H3,(H2,18,19,20);1H. The van der Waals surface area contributed by atoms with Crippen molar-refractivity contribution in [2.24, 2.45) is 4.99 Å². The summed E-state index contributed by atoms with van der Waals surface area (Å²) in [6, 6.07) is 10.2. The van der Waals surface area contributed by atoms with Gasteiger partial charge in [0.25, 0.3) is 0 Å². The van der Waals surface area contributed by atoms with Crippen molar-refractivity contribution in [3.8, 4) is 0 Å².